The summed E-state index contributed by atoms with van der Waals surface area (Å²) in [4.78, 5) is 0. The van der Waals surface area contributed by atoms with E-state index < -0.39 is 0 Å². The van der Waals surface area contributed by atoms with Gasteiger partial charge in [-0.05, 0) is 12.5 Å². The number of nitrogens with two attached hydrogens (primary N) is 1. The number of hydrogen-bond donors (Lipinski definition) is 3. The van der Waals surface area contributed by atoms with Gasteiger partial charge in [0.2, 0.25) is 0 Å². The molecular formula is C14H22FN3O2. The number of halogens is 1. The third kappa shape index (κ3) is 4.79. The van der Waals surface area contributed by atoms with E-state index in [1.807, 2.05) is 0 Å². The molecule has 0 saturated carbocycles. The second kappa shape index (κ2) is 8.50. The third-order valence-electron chi connectivity index (χ3n) is 3.04. The fourth-order valence-corrected chi connectivity index (χ4v) is 1.96. The molecule has 1 unspecified atom stereocenters. The lowest BCUT2D eigenvalue weighted by Crippen LogP contribution is -2.32. The van der Waals surface area contributed by atoms with Gasteiger partial charge < -0.3 is 21.0 Å². The fraction of sp³-hybridized carbons (Fsp3) is 0.500. The first kappa shape index (κ1) is 16.4. The number of nitrogens with zero attached hydrogens (tertiary/aromatic N) is 1. The summed E-state index contributed by atoms with van der Waals surface area (Å²) in [7, 11) is 1.65. The van der Waals surface area contributed by atoms with Crippen LogP contribution in [-0.2, 0) is 11.3 Å². The third-order valence-corrected chi connectivity index (χ3v) is 3.04. The first-order valence-electron chi connectivity index (χ1n) is 6.61. The van der Waals surface area contributed by atoms with Crippen LogP contribution in [0.15, 0.2) is 23.4 Å². The van der Waals surface area contributed by atoms with Gasteiger partial charge in [0.25, 0.3) is 0 Å². The highest BCUT2D eigenvalue weighted by Gasteiger charge is 2.10. The molecule has 0 amide bonds. The molecule has 0 aliphatic rings. The van der Waals surface area contributed by atoms with Crippen molar-refractivity contribution >= 4 is 5.84 Å². The summed E-state index contributed by atoms with van der Waals surface area (Å²) in [5.74, 6) is -0.485. The lowest BCUT2D eigenvalue weighted by atomic mass is 10.1. The lowest BCUT2D eigenvalue weighted by molar-refractivity contribution is 0.161. The maximum absolute atomic E-state index is 13.9. The summed E-state index contributed by atoms with van der Waals surface area (Å²) in [5.41, 5.74) is 6.31. The standard InChI is InChI=1S/C14H22FN3O2/c1-3-4-12(9-20-2)17-8-11-6-5-10(7-13(11)15)14(16)18-19/h5-7,12,17,19H,3-4,8-9H2,1-2H3,(H2,16,18). The van der Waals surface area contributed by atoms with Gasteiger partial charge in [0.1, 0.15) is 5.82 Å². The average molecular weight is 283 g/mol. The molecule has 1 rings (SSSR count). The molecule has 1 aromatic carbocycles. The Labute approximate surface area is 118 Å². The van der Waals surface area contributed by atoms with E-state index in [0.717, 1.165) is 12.8 Å². The Hall–Kier alpha value is -1.66. The SMILES string of the molecule is CCCC(COC)NCc1ccc(C(N)=NO)cc1F. The predicted molar refractivity (Wildman–Crippen MR) is 76.3 cm³/mol. The van der Waals surface area contributed by atoms with E-state index in [1.54, 1.807) is 19.2 Å². The molecule has 0 bridgehead atoms. The van der Waals surface area contributed by atoms with Crippen molar-refractivity contribution in [2.24, 2.45) is 10.9 Å². The smallest absolute Gasteiger partial charge is 0.170 e. The number of oxime groups is 1. The van der Waals surface area contributed by atoms with Gasteiger partial charge in [-0.1, -0.05) is 30.6 Å². The van der Waals surface area contributed by atoms with Gasteiger partial charge in [0, 0.05) is 30.8 Å². The van der Waals surface area contributed by atoms with Crippen LogP contribution in [0.4, 0.5) is 4.39 Å². The average Bonchev–Trinajstić information content (AvgIpc) is 2.45. The van der Waals surface area contributed by atoms with Crippen molar-refractivity contribution in [3.63, 3.8) is 0 Å². The molecule has 0 radical (unpaired) electrons. The Morgan fingerprint density at radius 2 is 2.30 bits per heavy atom. The Bertz CT molecular complexity index is 446. The number of rotatable bonds is 8. The number of methoxy groups -OCH3 is 1. The van der Waals surface area contributed by atoms with Crippen molar-refractivity contribution in [1.82, 2.24) is 5.32 Å². The van der Waals surface area contributed by atoms with Crippen LogP contribution in [0.3, 0.4) is 0 Å². The number of hydrogen-bond acceptors (Lipinski definition) is 4. The van der Waals surface area contributed by atoms with Gasteiger partial charge in [0.15, 0.2) is 5.84 Å². The van der Waals surface area contributed by atoms with Crippen LogP contribution in [0.25, 0.3) is 0 Å². The molecule has 0 heterocycles. The predicted octanol–water partition coefficient (Wildman–Crippen LogP) is 1.82. The highest BCUT2D eigenvalue weighted by Crippen LogP contribution is 2.11. The molecule has 0 aromatic heterocycles. The van der Waals surface area contributed by atoms with Gasteiger partial charge in [-0.25, -0.2) is 4.39 Å². The molecule has 0 fully saturated rings. The monoisotopic (exact) mass is 283 g/mol. The van der Waals surface area contributed by atoms with Crippen molar-refractivity contribution in [3.8, 4) is 0 Å². The fourth-order valence-electron chi connectivity index (χ4n) is 1.96. The van der Waals surface area contributed by atoms with E-state index >= 15 is 0 Å². The maximum atomic E-state index is 13.9. The molecule has 0 aliphatic heterocycles. The Balaban J connectivity index is 2.68. The van der Waals surface area contributed by atoms with Gasteiger partial charge in [0.05, 0.1) is 6.61 Å². The second-order valence-electron chi connectivity index (χ2n) is 4.61. The van der Waals surface area contributed by atoms with Crippen LogP contribution in [0.1, 0.15) is 30.9 Å². The van der Waals surface area contributed by atoms with Gasteiger partial charge in [-0.2, -0.15) is 0 Å². The first-order chi connectivity index (χ1) is 9.62. The number of nitrogens with one attached hydrogen (secondary N) is 1. The normalized spacial score (nSPS) is 13.4. The number of amidine groups is 1. The Kier molecular flexibility index (Phi) is 6.97. The van der Waals surface area contributed by atoms with Crippen LogP contribution in [0.5, 0.6) is 0 Å². The van der Waals surface area contributed by atoms with Crippen LogP contribution in [0.2, 0.25) is 0 Å². The maximum Gasteiger partial charge on any atom is 0.170 e. The molecule has 6 heteroatoms. The van der Waals surface area contributed by atoms with E-state index in [4.69, 9.17) is 15.7 Å². The van der Waals surface area contributed by atoms with Gasteiger partial charge in [-0.3, -0.25) is 0 Å². The molecular weight excluding hydrogens is 261 g/mol. The molecule has 5 nitrogen and oxygen atoms in total. The minimum Gasteiger partial charge on any atom is -0.409 e. The van der Waals surface area contributed by atoms with E-state index in [1.165, 1.54) is 6.07 Å². The summed E-state index contributed by atoms with van der Waals surface area (Å²) < 4.78 is 19.0. The second-order valence-corrected chi connectivity index (χ2v) is 4.61. The van der Waals surface area contributed by atoms with Crippen molar-refractivity contribution in [2.45, 2.75) is 32.4 Å². The van der Waals surface area contributed by atoms with E-state index in [2.05, 4.69) is 17.4 Å². The zero-order chi connectivity index (χ0) is 15.0. The summed E-state index contributed by atoms with van der Waals surface area (Å²) in [6.45, 7) is 3.10. The van der Waals surface area contributed by atoms with Crippen molar-refractivity contribution in [2.75, 3.05) is 13.7 Å². The number of benzene rings is 1. The van der Waals surface area contributed by atoms with Crippen LogP contribution >= 0.6 is 0 Å². The van der Waals surface area contributed by atoms with Gasteiger partial charge >= 0.3 is 0 Å². The first-order valence-corrected chi connectivity index (χ1v) is 6.61. The Morgan fingerprint density at radius 1 is 1.55 bits per heavy atom. The van der Waals surface area contributed by atoms with Crippen LogP contribution < -0.4 is 11.1 Å². The highest BCUT2D eigenvalue weighted by molar-refractivity contribution is 5.97. The molecule has 4 N–H and O–H groups in total. The molecule has 0 spiro atoms. The molecule has 0 saturated heterocycles. The van der Waals surface area contributed by atoms with Gasteiger partial charge in [-0.15, -0.1) is 0 Å². The lowest BCUT2D eigenvalue weighted by Gasteiger charge is -2.17. The zero-order valence-electron chi connectivity index (χ0n) is 11.9. The number of ether oxygens (including phenoxy) is 1. The molecule has 1 aromatic rings. The summed E-state index contributed by atoms with van der Waals surface area (Å²) >= 11 is 0. The topological polar surface area (TPSA) is 79.9 Å². The van der Waals surface area contributed by atoms with Crippen LogP contribution in [0, 0.1) is 5.82 Å². The molecule has 1 atom stereocenters. The largest absolute Gasteiger partial charge is 0.409 e. The quantitative estimate of drug-likeness (QED) is 0.294. The van der Waals surface area contributed by atoms with E-state index in [0.29, 0.717) is 24.3 Å². The van der Waals surface area contributed by atoms with Crippen LogP contribution in [-0.4, -0.2) is 30.8 Å². The van der Waals surface area contributed by atoms with E-state index in [-0.39, 0.29) is 17.7 Å². The highest BCUT2D eigenvalue weighted by atomic mass is 19.1. The van der Waals surface area contributed by atoms with Crippen molar-refractivity contribution < 1.29 is 14.3 Å². The summed E-state index contributed by atoms with van der Waals surface area (Å²) in [5, 5.41) is 14.7. The molecule has 0 aliphatic carbocycles. The minimum atomic E-state index is -0.380. The zero-order valence-corrected chi connectivity index (χ0v) is 11.9. The van der Waals surface area contributed by atoms with Crippen molar-refractivity contribution in [1.29, 1.82) is 0 Å². The summed E-state index contributed by atoms with van der Waals surface area (Å²) in [6.07, 6.45) is 2.00. The Morgan fingerprint density at radius 3 is 2.85 bits per heavy atom. The summed E-state index contributed by atoms with van der Waals surface area (Å²) in [6, 6.07) is 4.72. The van der Waals surface area contributed by atoms with Crippen molar-refractivity contribution in [3.05, 3.63) is 35.1 Å². The molecule has 20 heavy (non-hydrogen) atoms. The minimum absolute atomic E-state index is 0.105. The molecule has 112 valence electrons. The van der Waals surface area contributed by atoms with E-state index in [9.17, 15) is 4.39 Å².